The number of rotatable bonds is 4. The number of carbonyl (C=O) groups is 3. The molecule has 0 unspecified atom stereocenters. The van der Waals surface area contributed by atoms with Crippen molar-refractivity contribution in [3.8, 4) is 0 Å². The molecule has 0 aliphatic heterocycles. The number of hydrogen-bond donors (Lipinski definition) is 1. The van der Waals surface area contributed by atoms with E-state index < -0.39 is 24.5 Å². The van der Waals surface area contributed by atoms with Crippen molar-refractivity contribution in [1.82, 2.24) is 5.32 Å². The second kappa shape index (κ2) is 5.99. The molecule has 1 N–H and O–H groups in total. The van der Waals surface area contributed by atoms with Crippen molar-refractivity contribution in [3.63, 3.8) is 0 Å². The molecule has 0 fully saturated rings. The zero-order valence-electron chi connectivity index (χ0n) is 7.46. The molecule has 0 atom stereocenters. The van der Waals surface area contributed by atoms with E-state index in [-0.39, 0.29) is 6.61 Å². The van der Waals surface area contributed by atoms with E-state index in [0.717, 1.165) is 0 Å². The lowest BCUT2D eigenvalue weighted by Gasteiger charge is -2.03. The average Bonchev–Trinajstić information content (AvgIpc) is 2.10. The van der Waals surface area contributed by atoms with E-state index in [2.05, 4.69) is 14.8 Å². The molecule has 1 amide bonds. The Morgan fingerprint density at radius 1 is 1.15 bits per heavy atom. The van der Waals surface area contributed by atoms with Crippen molar-refractivity contribution in [2.75, 3.05) is 20.3 Å². The zero-order valence-corrected chi connectivity index (χ0v) is 7.46. The molecule has 0 aromatic rings. The highest BCUT2D eigenvalue weighted by Gasteiger charge is 2.07. The Morgan fingerprint density at radius 2 is 1.77 bits per heavy atom. The Morgan fingerprint density at radius 3 is 2.23 bits per heavy atom. The maximum absolute atomic E-state index is 10.7. The number of ether oxygens (including phenoxy) is 2. The maximum atomic E-state index is 10.7. The molecular formula is C7H11NO5. The highest BCUT2D eigenvalue weighted by Crippen LogP contribution is 1.82. The topological polar surface area (TPSA) is 81.7 Å². The second-order valence-electron chi connectivity index (χ2n) is 2.11. The Labute approximate surface area is 75.2 Å². The van der Waals surface area contributed by atoms with Crippen LogP contribution in [0.25, 0.3) is 0 Å². The minimum absolute atomic E-state index is 0.364. The highest BCUT2D eigenvalue weighted by molar-refractivity contribution is 5.81. The maximum Gasteiger partial charge on any atom is 0.344 e. The fourth-order valence-corrected chi connectivity index (χ4v) is 0.420. The predicted molar refractivity (Wildman–Crippen MR) is 41.7 cm³/mol. The molecule has 0 aromatic heterocycles. The Kier molecular flexibility index (Phi) is 5.25. The molecule has 0 aliphatic carbocycles. The van der Waals surface area contributed by atoms with Gasteiger partial charge in [-0.25, -0.2) is 4.79 Å². The van der Waals surface area contributed by atoms with E-state index in [1.54, 1.807) is 0 Å². The van der Waals surface area contributed by atoms with Gasteiger partial charge in [0.15, 0.2) is 13.2 Å². The highest BCUT2D eigenvalue weighted by atomic mass is 16.6. The first-order valence-corrected chi connectivity index (χ1v) is 3.56. The third kappa shape index (κ3) is 6.79. The molecule has 0 aliphatic rings. The summed E-state index contributed by atoms with van der Waals surface area (Å²) in [6.07, 6.45) is 0. The quantitative estimate of drug-likeness (QED) is 0.564. The molecule has 0 aromatic carbocycles. The molecule has 0 bridgehead atoms. The van der Waals surface area contributed by atoms with Gasteiger partial charge in [-0.3, -0.25) is 9.59 Å². The van der Waals surface area contributed by atoms with Crippen LogP contribution in [0.2, 0.25) is 0 Å². The molecule has 0 rings (SSSR count). The smallest absolute Gasteiger partial charge is 0.344 e. The van der Waals surface area contributed by atoms with Crippen molar-refractivity contribution < 1.29 is 23.9 Å². The molecule has 74 valence electrons. The van der Waals surface area contributed by atoms with Crippen LogP contribution in [0, 0.1) is 0 Å². The normalized spacial score (nSPS) is 8.77. The first kappa shape index (κ1) is 11.4. The number of amides is 1. The Balaban J connectivity index is 3.52. The van der Waals surface area contributed by atoms with Crippen LogP contribution in [0.3, 0.4) is 0 Å². The molecule has 0 saturated carbocycles. The molecule has 6 nitrogen and oxygen atoms in total. The van der Waals surface area contributed by atoms with E-state index in [4.69, 9.17) is 0 Å². The average molecular weight is 189 g/mol. The van der Waals surface area contributed by atoms with E-state index in [0.29, 0.717) is 0 Å². The van der Waals surface area contributed by atoms with Gasteiger partial charge in [0, 0.05) is 14.0 Å². The summed E-state index contributed by atoms with van der Waals surface area (Å²) < 4.78 is 8.74. The Bertz CT molecular complexity index is 213. The van der Waals surface area contributed by atoms with Crippen molar-refractivity contribution in [2.45, 2.75) is 6.92 Å². The molecule has 0 saturated heterocycles. The summed E-state index contributed by atoms with van der Waals surface area (Å²) in [6.45, 7) is 0.342. The van der Waals surface area contributed by atoms with Gasteiger partial charge in [-0.15, -0.1) is 0 Å². The summed E-state index contributed by atoms with van der Waals surface area (Å²) in [4.78, 5) is 31.5. The summed E-state index contributed by atoms with van der Waals surface area (Å²) in [6, 6.07) is 0. The van der Waals surface area contributed by atoms with Gasteiger partial charge in [0.05, 0.1) is 0 Å². The standard InChI is InChI=1S/C7H11NO5/c1-5(9)12-4-7(11)13-3-6(10)8-2/h3-4H2,1-2H3,(H,8,10). The zero-order chi connectivity index (χ0) is 10.3. The van der Waals surface area contributed by atoms with Crippen LogP contribution in [0.5, 0.6) is 0 Å². The van der Waals surface area contributed by atoms with E-state index in [9.17, 15) is 14.4 Å². The largest absolute Gasteiger partial charge is 0.454 e. The molecule has 0 heterocycles. The lowest BCUT2D eigenvalue weighted by molar-refractivity contribution is -0.159. The summed E-state index contributed by atoms with van der Waals surface area (Å²) in [5.74, 6) is -1.74. The number of esters is 2. The lowest BCUT2D eigenvalue weighted by atomic mass is 10.6. The molecule has 13 heavy (non-hydrogen) atoms. The third-order valence-electron chi connectivity index (χ3n) is 1.04. The van der Waals surface area contributed by atoms with Gasteiger partial charge < -0.3 is 14.8 Å². The van der Waals surface area contributed by atoms with Crippen LogP contribution >= 0.6 is 0 Å². The number of carbonyl (C=O) groups excluding carboxylic acids is 3. The minimum atomic E-state index is -0.751. The van der Waals surface area contributed by atoms with E-state index >= 15 is 0 Å². The fourth-order valence-electron chi connectivity index (χ4n) is 0.420. The SMILES string of the molecule is CNC(=O)COC(=O)COC(C)=O. The van der Waals surface area contributed by atoms with Gasteiger partial charge in [0.25, 0.3) is 5.91 Å². The van der Waals surface area contributed by atoms with Gasteiger partial charge in [0.2, 0.25) is 0 Å². The van der Waals surface area contributed by atoms with Gasteiger partial charge in [-0.05, 0) is 0 Å². The molecule has 0 radical (unpaired) electrons. The summed E-state index contributed by atoms with van der Waals surface area (Å²) >= 11 is 0. The van der Waals surface area contributed by atoms with Crippen molar-refractivity contribution in [2.24, 2.45) is 0 Å². The molecular weight excluding hydrogens is 178 g/mol. The Hall–Kier alpha value is -1.59. The monoisotopic (exact) mass is 189 g/mol. The number of hydrogen-bond acceptors (Lipinski definition) is 5. The van der Waals surface area contributed by atoms with Gasteiger partial charge >= 0.3 is 11.9 Å². The fraction of sp³-hybridized carbons (Fsp3) is 0.571. The first-order valence-electron chi connectivity index (χ1n) is 3.56. The van der Waals surface area contributed by atoms with Crippen LogP contribution in [-0.4, -0.2) is 38.1 Å². The van der Waals surface area contributed by atoms with Crippen molar-refractivity contribution >= 4 is 17.8 Å². The minimum Gasteiger partial charge on any atom is -0.454 e. The van der Waals surface area contributed by atoms with Crippen molar-refractivity contribution in [1.29, 1.82) is 0 Å². The van der Waals surface area contributed by atoms with Crippen LogP contribution < -0.4 is 5.32 Å². The van der Waals surface area contributed by atoms with Crippen LogP contribution in [0.1, 0.15) is 6.92 Å². The van der Waals surface area contributed by atoms with E-state index in [1.807, 2.05) is 0 Å². The predicted octanol–water partition coefficient (Wildman–Crippen LogP) is -1.16. The first-order chi connectivity index (χ1) is 6.06. The molecule has 6 heteroatoms. The van der Waals surface area contributed by atoms with Crippen LogP contribution in [0.15, 0.2) is 0 Å². The van der Waals surface area contributed by atoms with E-state index in [1.165, 1.54) is 14.0 Å². The summed E-state index contributed by atoms with van der Waals surface area (Å²) in [5.41, 5.74) is 0. The van der Waals surface area contributed by atoms with Gasteiger partial charge in [-0.1, -0.05) is 0 Å². The van der Waals surface area contributed by atoms with Gasteiger partial charge in [0.1, 0.15) is 0 Å². The third-order valence-corrected chi connectivity index (χ3v) is 1.04. The van der Waals surface area contributed by atoms with Gasteiger partial charge in [-0.2, -0.15) is 0 Å². The number of nitrogens with one attached hydrogen (secondary N) is 1. The lowest BCUT2D eigenvalue weighted by Crippen LogP contribution is -2.26. The second-order valence-corrected chi connectivity index (χ2v) is 2.11. The van der Waals surface area contributed by atoms with Crippen LogP contribution in [0.4, 0.5) is 0 Å². The summed E-state index contributed by atoms with van der Waals surface area (Å²) in [5, 5.41) is 2.26. The molecule has 0 spiro atoms. The van der Waals surface area contributed by atoms with Crippen LogP contribution in [-0.2, 0) is 23.9 Å². The van der Waals surface area contributed by atoms with Crippen molar-refractivity contribution in [3.05, 3.63) is 0 Å². The summed E-state index contributed by atoms with van der Waals surface area (Å²) in [7, 11) is 1.42. The number of likely N-dealkylation sites (N-methyl/N-ethyl adjacent to an activating group) is 1.